The summed E-state index contributed by atoms with van der Waals surface area (Å²) >= 11 is 0. The lowest BCUT2D eigenvalue weighted by Gasteiger charge is -2.33. The van der Waals surface area contributed by atoms with Crippen molar-refractivity contribution in [2.75, 3.05) is 32.6 Å². The quantitative estimate of drug-likeness (QED) is 0.772. The van der Waals surface area contributed by atoms with Gasteiger partial charge in [-0.05, 0) is 56.9 Å². The van der Waals surface area contributed by atoms with E-state index in [9.17, 15) is 0 Å². The highest BCUT2D eigenvalue weighted by Crippen LogP contribution is 2.37. The second kappa shape index (κ2) is 7.98. The third-order valence-corrected chi connectivity index (χ3v) is 6.77. The van der Waals surface area contributed by atoms with Crippen molar-refractivity contribution in [1.29, 1.82) is 0 Å². The average Bonchev–Trinajstić information content (AvgIpc) is 3.60. The van der Waals surface area contributed by atoms with Crippen molar-refractivity contribution in [2.24, 2.45) is 0 Å². The number of anilines is 1. The van der Waals surface area contributed by atoms with E-state index in [4.69, 9.17) is 19.4 Å². The first-order valence-corrected chi connectivity index (χ1v) is 11.2. The first-order chi connectivity index (χ1) is 14.3. The normalized spacial score (nSPS) is 20.9. The van der Waals surface area contributed by atoms with Crippen LogP contribution in [0.2, 0.25) is 0 Å². The second-order valence-corrected chi connectivity index (χ2v) is 8.73. The van der Waals surface area contributed by atoms with Gasteiger partial charge in [-0.1, -0.05) is 6.42 Å². The summed E-state index contributed by atoms with van der Waals surface area (Å²) in [6.07, 6.45) is 11.0. The van der Waals surface area contributed by atoms with Crippen molar-refractivity contribution in [3.63, 3.8) is 0 Å². The number of pyridine rings is 2. The molecule has 5 rings (SSSR count). The zero-order valence-electron chi connectivity index (χ0n) is 17.7. The van der Waals surface area contributed by atoms with Crippen LogP contribution in [0.15, 0.2) is 6.07 Å². The Bertz CT molecular complexity index is 888. The van der Waals surface area contributed by atoms with Crippen LogP contribution >= 0.6 is 0 Å². The molecule has 0 radical (unpaired) electrons. The molecule has 1 N–H and O–H groups in total. The molecule has 1 aliphatic heterocycles. The molecule has 1 saturated carbocycles. The SMILES string of the molecule is COc1cc2nc3c(c(NC4CCN(C5CC5)CC4)c2nc1OC)CCCCC3. The van der Waals surface area contributed by atoms with Crippen molar-refractivity contribution >= 4 is 16.7 Å². The van der Waals surface area contributed by atoms with Gasteiger partial charge in [0.25, 0.3) is 5.88 Å². The van der Waals surface area contributed by atoms with Crippen LogP contribution < -0.4 is 14.8 Å². The number of aromatic nitrogens is 2. The van der Waals surface area contributed by atoms with Crippen molar-refractivity contribution in [3.05, 3.63) is 17.3 Å². The number of methoxy groups -OCH3 is 2. The van der Waals surface area contributed by atoms with Crippen molar-refractivity contribution in [3.8, 4) is 11.6 Å². The maximum absolute atomic E-state index is 5.51. The van der Waals surface area contributed by atoms with Gasteiger partial charge in [0.05, 0.1) is 25.4 Å². The summed E-state index contributed by atoms with van der Waals surface area (Å²) in [7, 11) is 3.30. The molecule has 2 aliphatic carbocycles. The van der Waals surface area contributed by atoms with Gasteiger partial charge in [-0.15, -0.1) is 0 Å². The van der Waals surface area contributed by atoms with E-state index in [0.29, 0.717) is 17.7 Å². The Morgan fingerprint density at radius 1 is 0.966 bits per heavy atom. The molecule has 29 heavy (non-hydrogen) atoms. The van der Waals surface area contributed by atoms with Crippen molar-refractivity contribution < 1.29 is 9.47 Å². The highest BCUT2D eigenvalue weighted by molar-refractivity contribution is 5.91. The Labute approximate surface area is 173 Å². The number of hydrogen-bond acceptors (Lipinski definition) is 6. The molecule has 3 heterocycles. The Morgan fingerprint density at radius 3 is 2.48 bits per heavy atom. The van der Waals surface area contributed by atoms with Crippen LogP contribution in [0.3, 0.4) is 0 Å². The lowest BCUT2D eigenvalue weighted by atomic mass is 10.0. The summed E-state index contributed by atoms with van der Waals surface area (Å²) in [5.74, 6) is 1.17. The molecule has 6 nitrogen and oxygen atoms in total. The van der Waals surface area contributed by atoms with Crippen LogP contribution in [0.25, 0.3) is 11.0 Å². The predicted octanol–water partition coefficient (Wildman–Crippen LogP) is 3.95. The topological polar surface area (TPSA) is 59.5 Å². The zero-order valence-corrected chi connectivity index (χ0v) is 17.7. The Kier molecular flexibility index (Phi) is 5.20. The summed E-state index contributed by atoms with van der Waals surface area (Å²) in [4.78, 5) is 12.5. The number of nitrogens with zero attached hydrogens (tertiary/aromatic N) is 3. The monoisotopic (exact) mass is 396 g/mol. The fourth-order valence-electron chi connectivity index (χ4n) is 4.99. The number of rotatable bonds is 5. The zero-order chi connectivity index (χ0) is 19.8. The first kappa shape index (κ1) is 18.9. The maximum Gasteiger partial charge on any atom is 0.257 e. The molecule has 0 bridgehead atoms. The van der Waals surface area contributed by atoms with E-state index in [1.54, 1.807) is 14.2 Å². The van der Waals surface area contributed by atoms with Crippen molar-refractivity contribution in [2.45, 2.75) is 69.9 Å². The van der Waals surface area contributed by atoms with Crippen LogP contribution in [0, 0.1) is 0 Å². The standard InChI is InChI=1S/C23H32N4O2/c1-28-20-14-19-22(26-23(20)29-2)21(17-6-4-3-5-7-18(17)25-19)24-15-10-12-27(13-11-15)16-8-9-16/h14-16H,3-13H2,1-2H3,(H,24,25). The van der Waals surface area contributed by atoms with E-state index in [-0.39, 0.29) is 0 Å². The minimum atomic E-state index is 0.498. The molecule has 0 amide bonds. The van der Waals surface area contributed by atoms with Gasteiger partial charge in [0.1, 0.15) is 5.52 Å². The number of ether oxygens (including phenoxy) is 2. The van der Waals surface area contributed by atoms with Gasteiger partial charge >= 0.3 is 0 Å². The molecule has 0 spiro atoms. The molecule has 2 aromatic rings. The lowest BCUT2D eigenvalue weighted by Crippen LogP contribution is -2.40. The third-order valence-electron chi connectivity index (χ3n) is 6.77. The van der Waals surface area contributed by atoms with Crippen LogP contribution in [0.5, 0.6) is 11.6 Å². The van der Waals surface area contributed by atoms with E-state index >= 15 is 0 Å². The maximum atomic E-state index is 5.51. The van der Waals surface area contributed by atoms with E-state index in [2.05, 4.69) is 10.2 Å². The van der Waals surface area contributed by atoms with E-state index in [1.807, 2.05) is 6.07 Å². The van der Waals surface area contributed by atoms with Gasteiger partial charge < -0.3 is 19.7 Å². The lowest BCUT2D eigenvalue weighted by molar-refractivity contribution is 0.210. The van der Waals surface area contributed by atoms with E-state index < -0.39 is 0 Å². The van der Waals surface area contributed by atoms with Crippen molar-refractivity contribution in [1.82, 2.24) is 14.9 Å². The predicted molar refractivity (Wildman–Crippen MR) is 115 cm³/mol. The van der Waals surface area contributed by atoms with Gasteiger partial charge in [0.2, 0.25) is 0 Å². The van der Waals surface area contributed by atoms with Crippen LogP contribution in [0.4, 0.5) is 5.69 Å². The first-order valence-electron chi connectivity index (χ1n) is 11.2. The molecule has 0 unspecified atom stereocenters. The molecule has 0 aromatic carbocycles. The minimum absolute atomic E-state index is 0.498. The van der Waals surface area contributed by atoms with Crippen LogP contribution in [-0.4, -0.2) is 54.3 Å². The summed E-state index contributed by atoms with van der Waals surface area (Å²) in [6.45, 7) is 2.41. The number of fused-ring (bicyclic) bond motifs is 2. The molecule has 2 fully saturated rings. The van der Waals surface area contributed by atoms with Crippen LogP contribution in [-0.2, 0) is 12.8 Å². The Morgan fingerprint density at radius 2 is 1.76 bits per heavy atom. The molecule has 2 aromatic heterocycles. The van der Waals surface area contributed by atoms with Gasteiger partial charge in [0, 0.05) is 36.9 Å². The summed E-state index contributed by atoms with van der Waals surface area (Å²) in [5, 5.41) is 3.92. The number of piperidine rings is 1. The van der Waals surface area contributed by atoms with Gasteiger partial charge in [-0.2, -0.15) is 0 Å². The molecule has 3 aliphatic rings. The molecule has 156 valence electrons. The second-order valence-electron chi connectivity index (χ2n) is 8.73. The molecule has 0 atom stereocenters. The van der Waals surface area contributed by atoms with E-state index in [1.165, 1.54) is 75.0 Å². The summed E-state index contributed by atoms with van der Waals surface area (Å²) in [5.41, 5.74) is 5.63. The smallest absolute Gasteiger partial charge is 0.257 e. The molecule has 6 heteroatoms. The largest absolute Gasteiger partial charge is 0.491 e. The highest BCUT2D eigenvalue weighted by atomic mass is 16.5. The van der Waals surface area contributed by atoms with Crippen LogP contribution in [0.1, 0.15) is 56.2 Å². The number of aryl methyl sites for hydroxylation is 1. The highest BCUT2D eigenvalue weighted by Gasteiger charge is 2.32. The average molecular weight is 397 g/mol. The summed E-state index contributed by atoms with van der Waals surface area (Å²) < 4.78 is 11.0. The van der Waals surface area contributed by atoms with Gasteiger partial charge in [-0.25, -0.2) is 4.98 Å². The molecular weight excluding hydrogens is 364 g/mol. The number of nitrogens with one attached hydrogen (secondary N) is 1. The minimum Gasteiger partial charge on any atom is -0.491 e. The third kappa shape index (κ3) is 3.75. The fraction of sp³-hybridized carbons (Fsp3) is 0.652. The molecular formula is C23H32N4O2. The fourth-order valence-corrected chi connectivity index (χ4v) is 4.99. The van der Waals surface area contributed by atoms with Gasteiger partial charge in [-0.3, -0.25) is 4.98 Å². The van der Waals surface area contributed by atoms with E-state index in [0.717, 1.165) is 29.9 Å². The Hall–Kier alpha value is -2.08. The Balaban J connectivity index is 1.52. The molecule has 1 saturated heterocycles. The van der Waals surface area contributed by atoms with Gasteiger partial charge in [0.15, 0.2) is 5.75 Å². The summed E-state index contributed by atoms with van der Waals surface area (Å²) in [6, 6.07) is 3.35. The number of likely N-dealkylation sites (tertiary alicyclic amines) is 1. The number of hydrogen-bond donors (Lipinski definition) is 1.